The van der Waals surface area contributed by atoms with Gasteiger partial charge in [0.1, 0.15) is 12.3 Å². The van der Waals surface area contributed by atoms with Crippen molar-refractivity contribution in [1.82, 2.24) is 0 Å². The van der Waals surface area contributed by atoms with Crippen LogP contribution in [0.4, 0.5) is 0 Å². The van der Waals surface area contributed by atoms with E-state index >= 15 is 0 Å². The monoisotopic (exact) mass is 209 g/mol. The zero-order valence-corrected chi connectivity index (χ0v) is 8.76. The SMILES string of the molecule is C[C@H](N)Cc1cccc(OCB(O)O)c1. The maximum atomic E-state index is 8.64. The van der Waals surface area contributed by atoms with Gasteiger partial charge >= 0.3 is 7.12 Å². The van der Waals surface area contributed by atoms with Gasteiger partial charge in [-0.05, 0) is 31.0 Å². The van der Waals surface area contributed by atoms with Gasteiger partial charge in [0.15, 0.2) is 0 Å². The summed E-state index contributed by atoms with van der Waals surface area (Å²) in [4.78, 5) is 0. The quantitative estimate of drug-likeness (QED) is 0.595. The first-order valence-corrected chi connectivity index (χ1v) is 4.91. The molecular weight excluding hydrogens is 193 g/mol. The van der Waals surface area contributed by atoms with Gasteiger partial charge in [0.05, 0.1) is 0 Å². The molecule has 5 heteroatoms. The van der Waals surface area contributed by atoms with Crippen LogP contribution in [-0.4, -0.2) is 29.7 Å². The molecule has 4 nitrogen and oxygen atoms in total. The summed E-state index contributed by atoms with van der Waals surface area (Å²) in [6.45, 7) is 1.81. The van der Waals surface area contributed by atoms with Crippen molar-refractivity contribution in [2.24, 2.45) is 5.73 Å². The third-order valence-electron chi connectivity index (χ3n) is 1.86. The number of ether oxygens (including phenoxy) is 1. The molecule has 82 valence electrons. The molecule has 0 saturated heterocycles. The molecule has 0 bridgehead atoms. The number of benzene rings is 1. The van der Waals surface area contributed by atoms with Crippen LogP contribution in [0.3, 0.4) is 0 Å². The smallest absolute Gasteiger partial charge is 0.491 e. The molecule has 0 radical (unpaired) electrons. The van der Waals surface area contributed by atoms with E-state index in [9.17, 15) is 0 Å². The van der Waals surface area contributed by atoms with Gasteiger partial charge in [-0.25, -0.2) is 0 Å². The van der Waals surface area contributed by atoms with Crippen molar-refractivity contribution in [3.63, 3.8) is 0 Å². The minimum absolute atomic E-state index is 0.101. The number of rotatable bonds is 5. The summed E-state index contributed by atoms with van der Waals surface area (Å²) in [7, 11) is -1.44. The fraction of sp³-hybridized carbons (Fsp3) is 0.400. The molecule has 15 heavy (non-hydrogen) atoms. The minimum atomic E-state index is -1.44. The van der Waals surface area contributed by atoms with Crippen molar-refractivity contribution >= 4 is 7.12 Å². The van der Waals surface area contributed by atoms with Crippen LogP contribution in [0.25, 0.3) is 0 Å². The largest absolute Gasteiger partial charge is 0.496 e. The zero-order chi connectivity index (χ0) is 11.3. The fourth-order valence-electron chi connectivity index (χ4n) is 1.30. The van der Waals surface area contributed by atoms with Gasteiger partial charge < -0.3 is 20.5 Å². The summed E-state index contributed by atoms with van der Waals surface area (Å²) in [5.74, 6) is 0.626. The summed E-state index contributed by atoms with van der Waals surface area (Å²) < 4.78 is 5.15. The second-order valence-corrected chi connectivity index (χ2v) is 3.62. The maximum Gasteiger partial charge on any atom is 0.491 e. The predicted octanol–water partition coefficient (Wildman–Crippen LogP) is -0.0329. The lowest BCUT2D eigenvalue weighted by Crippen LogP contribution is -2.22. The van der Waals surface area contributed by atoms with Gasteiger partial charge in [0.2, 0.25) is 0 Å². The maximum absolute atomic E-state index is 8.64. The third-order valence-corrected chi connectivity index (χ3v) is 1.86. The molecule has 0 heterocycles. The molecule has 1 atom stereocenters. The molecule has 0 fully saturated rings. The Labute approximate surface area is 89.8 Å². The molecule has 0 aliphatic rings. The number of hydrogen-bond donors (Lipinski definition) is 3. The van der Waals surface area contributed by atoms with E-state index in [0.29, 0.717) is 5.75 Å². The second-order valence-electron chi connectivity index (χ2n) is 3.62. The van der Waals surface area contributed by atoms with Crippen molar-refractivity contribution in [3.05, 3.63) is 29.8 Å². The minimum Gasteiger partial charge on any atom is -0.496 e. The molecule has 0 aliphatic heterocycles. The first kappa shape index (κ1) is 12.0. The van der Waals surface area contributed by atoms with Crippen molar-refractivity contribution in [2.75, 3.05) is 6.51 Å². The summed E-state index contributed by atoms with van der Waals surface area (Å²) >= 11 is 0. The molecule has 0 spiro atoms. The van der Waals surface area contributed by atoms with Crippen LogP contribution in [-0.2, 0) is 6.42 Å². The average Bonchev–Trinajstić information content (AvgIpc) is 2.14. The van der Waals surface area contributed by atoms with Gasteiger partial charge in [-0.2, -0.15) is 0 Å². The summed E-state index contributed by atoms with van der Waals surface area (Å²) in [6, 6.07) is 7.55. The Bertz CT molecular complexity index is 304. The van der Waals surface area contributed by atoms with E-state index in [0.717, 1.165) is 12.0 Å². The van der Waals surface area contributed by atoms with E-state index in [1.807, 2.05) is 25.1 Å². The van der Waals surface area contributed by atoms with E-state index in [-0.39, 0.29) is 12.5 Å². The third kappa shape index (κ3) is 4.83. The molecule has 1 rings (SSSR count). The highest BCUT2D eigenvalue weighted by Crippen LogP contribution is 2.14. The number of nitrogens with two attached hydrogens (primary N) is 1. The molecule has 4 N–H and O–H groups in total. The Morgan fingerprint density at radius 1 is 1.47 bits per heavy atom. The summed E-state index contributed by atoms with van der Waals surface area (Å²) in [5.41, 5.74) is 6.75. The molecule has 0 aliphatic carbocycles. The van der Waals surface area contributed by atoms with Crippen molar-refractivity contribution in [1.29, 1.82) is 0 Å². The highest BCUT2D eigenvalue weighted by atomic mass is 16.5. The standard InChI is InChI=1S/C10H16BNO3/c1-8(12)5-9-3-2-4-10(6-9)15-7-11(13)14/h2-4,6,8,13-14H,5,7,12H2,1H3/t8-/m0/s1. The molecule has 1 aromatic rings. The zero-order valence-electron chi connectivity index (χ0n) is 8.76. The lowest BCUT2D eigenvalue weighted by Gasteiger charge is -2.08. The molecule has 0 saturated carbocycles. The Kier molecular flexibility index (Phi) is 4.61. The predicted molar refractivity (Wildman–Crippen MR) is 59.5 cm³/mol. The fourth-order valence-corrected chi connectivity index (χ4v) is 1.30. The van der Waals surface area contributed by atoms with Crippen molar-refractivity contribution in [2.45, 2.75) is 19.4 Å². The van der Waals surface area contributed by atoms with Crippen LogP contribution >= 0.6 is 0 Å². The van der Waals surface area contributed by atoms with Gasteiger partial charge in [-0.15, -0.1) is 0 Å². The Balaban J connectivity index is 2.57. The lowest BCUT2D eigenvalue weighted by molar-refractivity contribution is 0.306. The van der Waals surface area contributed by atoms with Gasteiger partial charge in [-0.1, -0.05) is 12.1 Å². The first-order valence-electron chi connectivity index (χ1n) is 4.91. The second kappa shape index (κ2) is 5.75. The summed E-state index contributed by atoms with van der Waals surface area (Å²) in [5, 5.41) is 17.3. The van der Waals surface area contributed by atoms with Crippen LogP contribution in [0.5, 0.6) is 5.75 Å². The number of hydrogen-bond acceptors (Lipinski definition) is 4. The van der Waals surface area contributed by atoms with E-state index in [4.69, 9.17) is 20.5 Å². The highest BCUT2D eigenvalue weighted by Gasteiger charge is 2.07. The Morgan fingerprint density at radius 2 is 2.20 bits per heavy atom. The molecule has 0 unspecified atom stereocenters. The van der Waals surface area contributed by atoms with Gasteiger partial charge in [-0.3, -0.25) is 0 Å². The van der Waals surface area contributed by atoms with Crippen molar-refractivity contribution < 1.29 is 14.8 Å². The van der Waals surface area contributed by atoms with Crippen LogP contribution < -0.4 is 10.5 Å². The molecular formula is C10H16BNO3. The van der Waals surface area contributed by atoms with E-state index in [1.54, 1.807) is 6.07 Å². The lowest BCUT2D eigenvalue weighted by atomic mass is 9.95. The topological polar surface area (TPSA) is 75.7 Å². The molecule has 1 aromatic carbocycles. The Hall–Kier alpha value is -1.04. The van der Waals surface area contributed by atoms with Gasteiger partial charge in [0, 0.05) is 6.04 Å². The van der Waals surface area contributed by atoms with Crippen LogP contribution in [0.1, 0.15) is 12.5 Å². The normalized spacial score (nSPS) is 12.3. The van der Waals surface area contributed by atoms with Gasteiger partial charge in [0.25, 0.3) is 0 Å². The first-order chi connectivity index (χ1) is 7.08. The summed E-state index contributed by atoms with van der Waals surface area (Å²) in [6.07, 6.45) is 0.777. The molecule has 0 aromatic heterocycles. The average molecular weight is 209 g/mol. The van der Waals surface area contributed by atoms with Crippen LogP contribution in [0.15, 0.2) is 24.3 Å². The molecule has 0 amide bonds. The van der Waals surface area contributed by atoms with E-state index in [1.165, 1.54) is 0 Å². The van der Waals surface area contributed by atoms with E-state index in [2.05, 4.69) is 0 Å². The van der Waals surface area contributed by atoms with Crippen LogP contribution in [0, 0.1) is 0 Å². The Morgan fingerprint density at radius 3 is 2.80 bits per heavy atom. The van der Waals surface area contributed by atoms with Crippen molar-refractivity contribution in [3.8, 4) is 5.75 Å². The highest BCUT2D eigenvalue weighted by molar-refractivity contribution is 6.40. The van der Waals surface area contributed by atoms with E-state index < -0.39 is 7.12 Å². The van der Waals surface area contributed by atoms with Crippen LogP contribution in [0.2, 0.25) is 0 Å².